The van der Waals surface area contributed by atoms with Crippen molar-refractivity contribution >= 4 is 56.6 Å². The van der Waals surface area contributed by atoms with Gasteiger partial charge in [-0.25, -0.2) is 0 Å². The lowest BCUT2D eigenvalue weighted by molar-refractivity contribution is -0.141. The quantitative estimate of drug-likeness (QED) is 0.589. The van der Waals surface area contributed by atoms with Crippen molar-refractivity contribution in [3.63, 3.8) is 0 Å². The molecule has 2 aromatic rings. The molecule has 0 aliphatic carbocycles. The summed E-state index contributed by atoms with van der Waals surface area (Å²) in [4.78, 5) is 25.4. The standard InChI is InChI=1S/C15H14BrNO3S2/c1-20-15(19)9-11(12-3-2-8-21-12)17-14(18)7-5-10-4-6-13(16)22-10/h2-8,11H,9H2,1H3,(H,17,18)/b7-5+. The molecular formula is C15H14BrNO3S2. The number of carbonyl (C=O) groups excluding carboxylic acids is 2. The van der Waals surface area contributed by atoms with Gasteiger partial charge in [0.1, 0.15) is 0 Å². The van der Waals surface area contributed by atoms with Crippen LogP contribution in [-0.4, -0.2) is 19.0 Å². The fraction of sp³-hybridized carbons (Fsp3) is 0.200. The van der Waals surface area contributed by atoms with Gasteiger partial charge < -0.3 is 10.1 Å². The highest BCUT2D eigenvalue weighted by atomic mass is 79.9. The maximum atomic E-state index is 12.0. The Bertz CT molecular complexity index is 664. The van der Waals surface area contributed by atoms with Gasteiger partial charge in [-0.2, -0.15) is 0 Å². The van der Waals surface area contributed by atoms with Gasteiger partial charge in [-0.05, 0) is 45.6 Å². The number of carbonyl (C=O) groups is 2. The normalized spacial score (nSPS) is 12.3. The highest BCUT2D eigenvalue weighted by Crippen LogP contribution is 2.24. The molecule has 2 heterocycles. The predicted molar refractivity (Wildman–Crippen MR) is 92.9 cm³/mol. The monoisotopic (exact) mass is 399 g/mol. The van der Waals surface area contributed by atoms with Crippen LogP contribution in [0.2, 0.25) is 0 Å². The van der Waals surface area contributed by atoms with E-state index in [2.05, 4.69) is 26.0 Å². The first-order valence-electron chi connectivity index (χ1n) is 6.42. The Morgan fingerprint density at radius 2 is 2.23 bits per heavy atom. The maximum absolute atomic E-state index is 12.0. The lowest BCUT2D eigenvalue weighted by atomic mass is 10.1. The summed E-state index contributed by atoms with van der Waals surface area (Å²) < 4.78 is 5.69. The fourth-order valence-electron chi connectivity index (χ4n) is 1.76. The van der Waals surface area contributed by atoms with Crippen LogP contribution in [0, 0.1) is 0 Å². The molecule has 0 aromatic carbocycles. The van der Waals surface area contributed by atoms with Gasteiger partial charge in [-0.15, -0.1) is 22.7 Å². The maximum Gasteiger partial charge on any atom is 0.307 e. The van der Waals surface area contributed by atoms with Gasteiger partial charge in [0.2, 0.25) is 5.91 Å². The zero-order valence-corrected chi connectivity index (χ0v) is 15.0. The summed E-state index contributed by atoms with van der Waals surface area (Å²) in [6.07, 6.45) is 3.33. The van der Waals surface area contributed by atoms with Gasteiger partial charge in [-0.1, -0.05) is 6.07 Å². The molecule has 0 spiro atoms. The molecule has 116 valence electrons. The number of rotatable bonds is 6. The summed E-state index contributed by atoms with van der Waals surface area (Å²) in [5.74, 6) is -0.600. The molecule has 22 heavy (non-hydrogen) atoms. The average molecular weight is 400 g/mol. The van der Waals surface area contributed by atoms with Crippen LogP contribution in [0.4, 0.5) is 0 Å². The molecule has 1 atom stereocenters. The Labute approximate surface area is 144 Å². The number of halogens is 1. The zero-order valence-electron chi connectivity index (χ0n) is 11.7. The van der Waals surface area contributed by atoms with E-state index in [0.29, 0.717) is 0 Å². The number of hydrogen-bond acceptors (Lipinski definition) is 5. The third kappa shape index (κ3) is 5.08. The Kier molecular flexibility index (Phi) is 6.35. The second-order valence-corrected chi connectivity index (χ2v) is 7.81. The predicted octanol–water partition coefficient (Wildman–Crippen LogP) is 4.01. The van der Waals surface area contributed by atoms with Crippen LogP contribution < -0.4 is 5.32 Å². The summed E-state index contributed by atoms with van der Waals surface area (Å²) >= 11 is 6.41. The summed E-state index contributed by atoms with van der Waals surface area (Å²) in [6, 6.07) is 7.24. The van der Waals surface area contributed by atoms with Crippen molar-refractivity contribution < 1.29 is 14.3 Å². The zero-order chi connectivity index (χ0) is 15.9. The summed E-state index contributed by atoms with van der Waals surface area (Å²) in [5.41, 5.74) is 0. The minimum Gasteiger partial charge on any atom is -0.469 e. The SMILES string of the molecule is COC(=O)CC(NC(=O)/C=C/c1ccc(Br)s1)c1cccs1. The van der Waals surface area contributed by atoms with Crippen LogP contribution in [0.3, 0.4) is 0 Å². The van der Waals surface area contributed by atoms with Crippen LogP contribution in [0.5, 0.6) is 0 Å². The van der Waals surface area contributed by atoms with E-state index in [1.165, 1.54) is 35.9 Å². The molecule has 4 nitrogen and oxygen atoms in total. The molecule has 1 N–H and O–H groups in total. The first kappa shape index (κ1) is 16.9. The van der Waals surface area contributed by atoms with Crippen molar-refractivity contribution in [3.05, 3.63) is 49.3 Å². The van der Waals surface area contributed by atoms with Crippen molar-refractivity contribution in [2.24, 2.45) is 0 Å². The third-order valence-corrected chi connectivity index (χ3v) is 5.37. The molecule has 0 fully saturated rings. The molecule has 1 unspecified atom stereocenters. The molecule has 0 saturated heterocycles. The van der Waals surface area contributed by atoms with E-state index in [9.17, 15) is 9.59 Å². The Morgan fingerprint density at radius 1 is 1.41 bits per heavy atom. The highest BCUT2D eigenvalue weighted by molar-refractivity contribution is 9.11. The third-order valence-electron chi connectivity index (χ3n) is 2.79. The number of amides is 1. The van der Waals surface area contributed by atoms with Gasteiger partial charge in [0, 0.05) is 15.8 Å². The number of thiophene rings is 2. The molecule has 0 radical (unpaired) electrons. The van der Waals surface area contributed by atoms with Crippen LogP contribution in [-0.2, 0) is 14.3 Å². The van der Waals surface area contributed by atoms with Crippen LogP contribution in [0.25, 0.3) is 6.08 Å². The number of hydrogen-bond donors (Lipinski definition) is 1. The van der Waals surface area contributed by atoms with Gasteiger partial charge in [-0.3, -0.25) is 9.59 Å². The Balaban J connectivity index is 2.01. The molecular weight excluding hydrogens is 386 g/mol. The van der Waals surface area contributed by atoms with Crippen molar-refractivity contribution in [2.75, 3.05) is 7.11 Å². The van der Waals surface area contributed by atoms with E-state index in [-0.39, 0.29) is 24.3 Å². The van der Waals surface area contributed by atoms with Gasteiger partial charge in [0.15, 0.2) is 0 Å². The molecule has 2 rings (SSSR count). The first-order chi connectivity index (χ1) is 10.6. The number of nitrogens with one attached hydrogen (secondary N) is 1. The lowest BCUT2D eigenvalue weighted by Gasteiger charge is -2.15. The lowest BCUT2D eigenvalue weighted by Crippen LogP contribution is -2.28. The number of methoxy groups -OCH3 is 1. The molecule has 0 saturated carbocycles. The van der Waals surface area contributed by atoms with Crippen molar-refractivity contribution in [1.82, 2.24) is 5.32 Å². The number of esters is 1. The minimum absolute atomic E-state index is 0.112. The smallest absolute Gasteiger partial charge is 0.307 e. The van der Waals surface area contributed by atoms with Crippen LogP contribution in [0.15, 0.2) is 39.5 Å². The Morgan fingerprint density at radius 3 is 2.82 bits per heavy atom. The van der Waals surface area contributed by atoms with E-state index in [1.807, 2.05) is 29.6 Å². The van der Waals surface area contributed by atoms with Gasteiger partial charge in [0.05, 0.1) is 23.4 Å². The van der Waals surface area contributed by atoms with Crippen molar-refractivity contribution in [1.29, 1.82) is 0 Å². The van der Waals surface area contributed by atoms with Crippen molar-refractivity contribution in [3.8, 4) is 0 Å². The van der Waals surface area contributed by atoms with Crippen molar-refractivity contribution in [2.45, 2.75) is 12.5 Å². The summed E-state index contributed by atoms with van der Waals surface area (Å²) in [5, 5.41) is 4.75. The molecule has 0 aliphatic heterocycles. The summed E-state index contributed by atoms with van der Waals surface area (Å²) in [6.45, 7) is 0. The van der Waals surface area contributed by atoms with Gasteiger partial charge >= 0.3 is 5.97 Å². The second kappa shape index (κ2) is 8.26. The topological polar surface area (TPSA) is 55.4 Å². The van der Waals surface area contributed by atoms with E-state index in [4.69, 9.17) is 0 Å². The molecule has 7 heteroatoms. The molecule has 0 aliphatic rings. The minimum atomic E-state index is -0.375. The second-order valence-electron chi connectivity index (χ2n) is 4.33. The van der Waals surface area contributed by atoms with E-state index < -0.39 is 0 Å². The number of ether oxygens (including phenoxy) is 1. The van der Waals surface area contributed by atoms with E-state index in [1.54, 1.807) is 6.08 Å². The van der Waals surface area contributed by atoms with Crippen LogP contribution in [0.1, 0.15) is 22.2 Å². The van der Waals surface area contributed by atoms with E-state index >= 15 is 0 Å². The molecule has 0 bridgehead atoms. The van der Waals surface area contributed by atoms with E-state index in [0.717, 1.165) is 13.5 Å². The highest BCUT2D eigenvalue weighted by Gasteiger charge is 2.18. The largest absolute Gasteiger partial charge is 0.469 e. The first-order valence-corrected chi connectivity index (χ1v) is 8.91. The van der Waals surface area contributed by atoms with Gasteiger partial charge in [0.25, 0.3) is 0 Å². The molecule has 1 amide bonds. The molecule has 2 aromatic heterocycles. The Hall–Kier alpha value is -1.44. The summed E-state index contributed by atoms with van der Waals surface area (Å²) in [7, 11) is 1.34. The average Bonchev–Trinajstić information content (AvgIpc) is 3.15. The van der Waals surface area contributed by atoms with Crippen LogP contribution >= 0.6 is 38.6 Å². The fourth-order valence-corrected chi connectivity index (χ4v) is 3.86.